The molecule has 4 heterocycles. The Kier molecular flexibility index (Phi) is 7.37. The van der Waals surface area contributed by atoms with Gasteiger partial charge in [0.2, 0.25) is 17.7 Å². The Balaban J connectivity index is 1.09. The van der Waals surface area contributed by atoms with E-state index in [1.54, 1.807) is 12.3 Å². The number of nitrogens with zero attached hydrogens (tertiary/aromatic N) is 2. The highest BCUT2D eigenvalue weighted by atomic mass is 19.1. The van der Waals surface area contributed by atoms with Crippen molar-refractivity contribution in [2.24, 2.45) is 5.92 Å². The van der Waals surface area contributed by atoms with Crippen LogP contribution >= 0.6 is 0 Å². The van der Waals surface area contributed by atoms with Gasteiger partial charge in [-0.25, -0.2) is 13.8 Å². The van der Waals surface area contributed by atoms with Crippen molar-refractivity contribution in [1.82, 2.24) is 15.2 Å². The van der Waals surface area contributed by atoms with Gasteiger partial charge in [-0.2, -0.15) is 0 Å². The molecular weight excluding hydrogens is 568 g/mol. The van der Waals surface area contributed by atoms with Crippen molar-refractivity contribution in [3.8, 4) is 0 Å². The number of amides is 3. The summed E-state index contributed by atoms with van der Waals surface area (Å²) in [5.74, 6) is -1.70. The number of aromatic nitrogens is 1. The monoisotopic (exact) mass is 601 g/mol. The average Bonchev–Trinajstić information content (AvgIpc) is 3.51. The third-order valence-electron chi connectivity index (χ3n) is 9.47. The normalized spacial score (nSPS) is 24.7. The number of benzene rings is 2. The lowest BCUT2D eigenvalue weighted by Crippen LogP contribution is -2.58. The minimum atomic E-state index is -0.750. The van der Waals surface area contributed by atoms with Crippen molar-refractivity contribution in [3.63, 3.8) is 0 Å². The molecule has 2 fully saturated rings. The molecule has 3 amide bonds. The molecule has 0 radical (unpaired) electrons. The molecule has 44 heavy (non-hydrogen) atoms. The number of nitrogens with one attached hydrogen (secondary N) is 3. The molecule has 4 aliphatic rings. The van der Waals surface area contributed by atoms with Gasteiger partial charge in [0.25, 0.3) is 0 Å². The molecule has 1 spiro atoms. The highest BCUT2D eigenvalue weighted by molar-refractivity contribution is 6.07. The number of halogens is 2. The number of pyridine rings is 1. The standard InChI is InChI=1S/C33H33F2N5O4/c34-23-10-20(11-24(35)13-23)28-17-36-27(9-19-5-7-44-8-6-19)31(42)40(28)18-30(41)39-29-12-21-14-33(15-22(21)16-37-29)25-3-1-2-4-26(25)38-32(33)43/h1-4,10-13,16,19,27-28,36H,5-9,14-15,17-18H2,(H,38,43)(H,37,39,41). The molecule has 3 aliphatic heterocycles. The van der Waals surface area contributed by atoms with Gasteiger partial charge in [-0.3, -0.25) is 14.4 Å². The number of carbonyl (C=O) groups is 3. The summed E-state index contributed by atoms with van der Waals surface area (Å²) in [5, 5.41) is 9.07. The van der Waals surface area contributed by atoms with E-state index in [-0.39, 0.29) is 30.5 Å². The Morgan fingerprint density at radius 1 is 1.05 bits per heavy atom. The Morgan fingerprint density at radius 3 is 2.59 bits per heavy atom. The van der Waals surface area contributed by atoms with Crippen molar-refractivity contribution in [3.05, 3.63) is 88.6 Å². The molecule has 2 saturated heterocycles. The minimum absolute atomic E-state index is 0.0483. The summed E-state index contributed by atoms with van der Waals surface area (Å²) in [6.07, 6.45) is 4.98. The largest absolute Gasteiger partial charge is 0.381 e. The Bertz CT molecular complexity index is 1620. The summed E-state index contributed by atoms with van der Waals surface area (Å²) in [6.45, 7) is 1.23. The van der Waals surface area contributed by atoms with E-state index in [9.17, 15) is 23.2 Å². The minimum Gasteiger partial charge on any atom is -0.381 e. The molecule has 228 valence electrons. The summed E-state index contributed by atoms with van der Waals surface area (Å²) in [7, 11) is 0. The van der Waals surface area contributed by atoms with E-state index >= 15 is 0 Å². The summed E-state index contributed by atoms with van der Waals surface area (Å²) in [6, 6.07) is 11.4. The van der Waals surface area contributed by atoms with Gasteiger partial charge < -0.3 is 25.6 Å². The predicted octanol–water partition coefficient (Wildman–Crippen LogP) is 3.65. The highest BCUT2D eigenvalue weighted by Crippen LogP contribution is 2.47. The summed E-state index contributed by atoms with van der Waals surface area (Å²) >= 11 is 0. The number of carbonyl (C=O) groups excluding carboxylic acids is 3. The summed E-state index contributed by atoms with van der Waals surface area (Å²) < 4.78 is 33.8. The number of ether oxygens (including phenoxy) is 1. The first-order valence-electron chi connectivity index (χ1n) is 15.1. The lowest BCUT2D eigenvalue weighted by atomic mass is 9.79. The fourth-order valence-electron chi connectivity index (χ4n) is 7.25. The maximum Gasteiger partial charge on any atom is 0.245 e. The van der Waals surface area contributed by atoms with Gasteiger partial charge >= 0.3 is 0 Å². The van der Waals surface area contributed by atoms with Gasteiger partial charge in [0.1, 0.15) is 24.0 Å². The van der Waals surface area contributed by atoms with Crippen LogP contribution in [0.15, 0.2) is 54.7 Å². The number of piperazine rings is 1. The first-order valence-corrected chi connectivity index (χ1v) is 15.1. The lowest BCUT2D eigenvalue weighted by molar-refractivity contribution is -0.142. The van der Waals surface area contributed by atoms with Crippen molar-refractivity contribution in [1.29, 1.82) is 0 Å². The van der Waals surface area contributed by atoms with Crippen LogP contribution in [0.4, 0.5) is 20.3 Å². The van der Waals surface area contributed by atoms with Gasteiger partial charge in [0, 0.05) is 37.7 Å². The zero-order valence-corrected chi connectivity index (χ0v) is 24.1. The van der Waals surface area contributed by atoms with Crippen LogP contribution in [0.1, 0.15) is 47.6 Å². The molecule has 3 N–H and O–H groups in total. The molecule has 3 unspecified atom stereocenters. The number of hydrogen-bond acceptors (Lipinski definition) is 6. The van der Waals surface area contributed by atoms with E-state index in [1.807, 2.05) is 24.3 Å². The summed E-state index contributed by atoms with van der Waals surface area (Å²) in [4.78, 5) is 46.1. The van der Waals surface area contributed by atoms with E-state index in [4.69, 9.17) is 4.74 Å². The van der Waals surface area contributed by atoms with Crippen LogP contribution in [0.5, 0.6) is 0 Å². The third kappa shape index (κ3) is 5.24. The summed E-state index contributed by atoms with van der Waals surface area (Å²) in [5.41, 5.74) is 3.20. The third-order valence-corrected chi connectivity index (χ3v) is 9.47. The molecule has 0 bridgehead atoms. The van der Waals surface area contributed by atoms with Gasteiger partial charge in [-0.15, -0.1) is 0 Å². The molecule has 3 atom stereocenters. The van der Waals surface area contributed by atoms with E-state index < -0.39 is 35.0 Å². The fraction of sp³-hybridized carbons (Fsp3) is 0.394. The van der Waals surface area contributed by atoms with E-state index in [2.05, 4.69) is 20.9 Å². The Morgan fingerprint density at radius 2 is 1.80 bits per heavy atom. The van der Waals surface area contributed by atoms with Crippen LogP contribution in [0, 0.1) is 17.6 Å². The first kappa shape index (κ1) is 28.5. The Labute approximate surface area is 253 Å². The molecule has 1 aliphatic carbocycles. The smallest absolute Gasteiger partial charge is 0.245 e. The molecule has 7 rings (SSSR count). The topological polar surface area (TPSA) is 113 Å². The van der Waals surface area contributed by atoms with E-state index in [1.165, 1.54) is 17.0 Å². The Hall–Kier alpha value is -4.22. The van der Waals surface area contributed by atoms with Crippen LogP contribution in [0.3, 0.4) is 0 Å². The van der Waals surface area contributed by atoms with Gasteiger partial charge in [0.15, 0.2) is 0 Å². The van der Waals surface area contributed by atoms with Gasteiger partial charge in [-0.05, 0) is 84.5 Å². The second-order valence-corrected chi connectivity index (χ2v) is 12.3. The molecule has 2 aromatic carbocycles. The van der Waals surface area contributed by atoms with Crippen LogP contribution in [0.2, 0.25) is 0 Å². The van der Waals surface area contributed by atoms with Gasteiger partial charge in [0.05, 0.1) is 17.5 Å². The second-order valence-electron chi connectivity index (χ2n) is 12.3. The number of anilines is 2. The van der Waals surface area contributed by atoms with E-state index in [0.717, 1.165) is 41.3 Å². The molecule has 3 aromatic rings. The number of fused-ring (bicyclic) bond motifs is 3. The predicted molar refractivity (Wildman–Crippen MR) is 158 cm³/mol. The van der Waals surface area contributed by atoms with Crippen molar-refractivity contribution < 1.29 is 27.9 Å². The highest BCUT2D eigenvalue weighted by Gasteiger charge is 2.50. The second kappa shape index (κ2) is 11.4. The molecule has 1 aromatic heterocycles. The van der Waals surface area contributed by atoms with Crippen molar-refractivity contribution in [2.45, 2.75) is 49.6 Å². The van der Waals surface area contributed by atoms with E-state index in [0.29, 0.717) is 44.2 Å². The van der Waals surface area contributed by atoms with Crippen molar-refractivity contribution >= 4 is 29.2 Å². The first-order chi connectivity index (χ1) is 21.3. The van der Waals surface area contributed by atoms with Gasteiger partial charge in [-0.1, -0.05) is 18.2 Å². The molecule has 9 nitrogen and oxygen atoms in total. The maximum atomic E-state index is 14.2. The van der Waals surface area contributed by atoms with Crippen LogP contribution < -0.4 is 16.0 Å². The average molecular weight is 602 g/mol. The fourth-order valence-corrected chi connectivity index (χ4v) is 7.25. The lowest BCUT2D eigenvalue weighted by Gasteiger charge is -2.41. The maximum absolute atomic E-state index is 14.2. The molecule has 11 heteroatoms. The number of para-hydroxylation sites is 1. The quantitative estimate of drug-likeness (QED) is 0.398. The molecule has 0 saturated carbocycles. The zero-order chi connectivity index (χ0) is 30.4. The number of hydrogen-bond donors (Lipinski definition) is 3. The van der Waals surface area contributed by atoms with Crippen LogP contribution in [0.25, 0.3) is 0 Å². The SMILES string of the molecule is O=C(CN1C(=O)C(CC2CCOCC2)NCC1c1cc(F)cc(F)c1)Nc1cc2c(cn1)CC1(C2)C(=O)Nc2ccccc21. The van der Waals surface area contributed by atoms with Crippen molar-refractivity contribution in [2.75, 3.05) is 36.9 Å². The molecular formula is C33H33F2N5O4. The zero-order valence-electron chi connectivity index (χ0n) is 24.1. The number of rotatable bonds is 6. The van der Waals surface area contributed by atoms with Crippen LogP contribution in [-0.2, 0) is 37.4 Å². The van der Waals surface area contributed by atoms with Crippen LogP contribution in [-0.4, -0.2) is 60.0 Å².